The van der Waals surface area contributed by atoms with E-state index in [-0.39, 0.29) is 53.1 Å². The summed E-state index contributed by atoms with van der Waals surface area (Å²) in [5.74, 6) is 1.36. The highest BCUT2D eigenvalue weighted by molar-refractivity contribution is 5.66. The van der Waals surface area contributed by atoms with Crippen molar-refractivity contribution in [2.75, 3.05) is 0 Å². The average molecular weight is 577 g/mol. The van der Waals surface area contributed by atoms with E-state index in [0.717, 1.165) is 44.9 Å². The second kappa shape index (κ2) is 14.4. The summed E-state index contributed by atoms with van der Waals surface area (Å²) in [5, 5.41) is 43.8. The molecule has 238 valence electrons. The normalized spacial score (nSPS) is 42.8. The van der Waals surface area contributed by atoms with Crippen molar-refractivity contribution in [3.63, 3.8) is 0 Å². The van der Waals surface area contributed by atoms with Crippen molar-refractivity contribution >= 4 is 5.97 Å². The molecule has 4 rings (SSSR count). The van der Waals surface area contributed by atoms with Crippen LogP contribution in [0.1, 0.15) is 150 Å². The van der Waals surface area contributed by atoms with Crippen molar-refractivity contribution in [2.45, 2.75) is 168 Å². The molecule has 0 spiro atoms. The molecular weight excluding hydrogens is 512 g/mol. The number of carbonyl (C=O) groups is 1. The van der Waals surface area contributed by atoms with E-state index < -0.39 is 12.1 Å². The van der Waals surface area contributed by atoms with Gasteiger partial charge in [-0.15, -0.1) is 0 Å². The highest BCUT2D eigenvalue weighted by Gasteiger charge is 2.67. The van der Waals surface area contributed by atoms with Gasteiger partial charge in [0.25, 0.3) is 0 Å². The first-order valence-corrected chi connectivity index (χ1v) is 17.8. The Balaban J connectivity index is 1.42. The molecule has 4 saturated carbocycles. The first kappa shape index (κ1) is 33.2. The van der Waals surface area contributed by atoms with Gasteiger partial charge in [0.15, 0.2) is 0 Å². The smallest absolute Gasteiger partial charge is 0.303 e. The number of hydrogen-bond donors (Lipinski definition) is 4. The van der Waals surface area contributed by atoms with Crippen LogP contribution < -0.4 is 0 Å². The number of rotatable bonds is 15. The molecule has 0 aromatic heterocycles. The van der Waals surface area contributed by atoms with Crippen LogP contribution in [-0.4, -0.2) is 44.7 Å². The number of carboxylic acids is 1. The van der Waals surface area contributed by atoms with Gasteiger partial charge in [0.2, 0.25) is 0 Å². The minimum Gasteiger partial charge on any atom is -0.481 e. The van der Waals surface area contributed by atoms with E-state index in [0.29, 0.717) is 24.2 Å². The van der Waals surface area contributed by atoms with Crippen LogP contribution >= 0.6 is 0 Å². The fraction of sp³-hybridized carbons (Fsp3) is 0.972. The summed E-state index contributed by atoms with van der Waals surface area (Å²) in [6, 6.07) is 0. The van der Waals surface area contributed by atoms with Crippen LogP contribution in [0, 0.1) is 52.3 Å². The summed E-state index contributed by atoms with van der Waals surface area (Å²) in [6.07, 6.45) is 19.5. The van der Waals surface area contributed by atoms with Gasteiger partial charge < -0.3 is 20.4 Å². The molecule has 0 saturated heterocycles. The van der Waals surface area contributed by atoms with Crippen LogP contribution in [-0.2, 0) is 4.79 Å². The van der Waals surface area contributed by atoms with E-state index in [1.165, 1.54) is 64.2 Å². The average Bonchev–Trinajstić information content (AvgIpc) is 3.28. The Bertz CT molecular complexity index is 831. The van der Waals surface area contributed by atoms with E-state index in [1.54, 1.807) is 0 Å². The molecule has 0 bridgehead atoms. The summed E-state index contributed by atoms with van der Waals surface area (Å²) in [5.41, 5.74) is -0.207. The van der Waals surface area contributed by atoms with Crippen molar-refractivity contribution in [2.24, 2.45) is 52.3 Å². The first-order valence-electron chi connectivity index (χ1n) is 17.8. The highest BCUT2D eigenvalue weighted by Crippen LogP contribution is 2.69. The molecule has 5 unspecified atom stereocenters. The number of hydrogen-bond acceptors (Lipinski definition) is 4. The Labute approximate surface area is 251 Å². The zero-order valence-corrected chi connectivity index (χ0v) is 26.9. The summed E-state index contributed by atoms with van der Waals surface area (Å²) >= 11 is 0. The van der Waals surface area contributed by atoms with E-state index >= 15 is 0 Å². The quantitative estimate of drug-likeness (QED) is 0.148. The number of fused-ring (bicyclic) bond motifs is 5. The Kier molecular flexibility index (Phi) is 11.7. The van der Waals surface area contributed by atoms with E-state index in [9.17, 15) is 25.2 Å². The molecule has 12 atom stereocenters. The van der Waals surface area contributed by atoms with Crippen LogP contribution in [0.5, 0.6) is 0 Å². The van der Waals surface area contributed by atoms with Crippen molar-refractivity contribution in [1.29, 1.82) is 0 Å². The van der Waals surface area contributed by atoms with Gasteiger partial charge in [-0.3, -0.25) is 4.79 Å². The third-order valence-corrected chi connectivity index (χ3v) is 13.6. The zero-order chi connectivity index (χ0) is 29.8. The Morgan fingerprint density at radius 3 is 2.07 bits per heavy atom. The summed E-state index contributed by atoms with van der Waals surface area (Å²) < 4.78 is 0. The summed E-state index contributed by atoms with van der Waals surface area (Å²) in [7, 11) is 0. The Morgan fingerprint density at radius 1 is 0.805 bits per heavy atom. The molecule has 0 heterocycles. The van der Waals surface area contributed by atoms with Gasteiger partial charge in [-0.05, 0) is 104 Å². The molecule has 41 heavy (non-hydrogen) atoms. The lowest BCUT2D eigenvalue weighted by Gasteiger charge is -2.65. The molecule has 0 aliphatic heterocycles. The van der Waals surface area contributed by atoms with Gasteiger partial charge >= 0.3 is 5.97 Å². The number of aliphatic hydroxyl groups excluding tert-OH is 3. The third-order valence-electron chi connectivity index (χ3n) is 13.6. The van der Waals surface area contributed by atoms with Gasteiger partial charge in [-0.25, -0.2) is 0 Å². The molecule has 0 radical (unpaired) electrons. The minimum atomic E-state index is -0.740. The summed E-state index contributed by atoms with van der Waals surface area (Å²) in [6.45, 7) is 9.19. The zero-order valence-electron chi connectivity index (χ0n) is 26.9. The van der Waals surface area contributed by atoms with Crippen LogP contribution in [0.4, 0.5) is 0 Å². The minimum absolute atomic E-state index is 0.0533. The fourth-order valence-electron chi connectivity index (χ4n) is 11.2. The van der Waals surface area contributed by atoms with Crippen LogP contribution in [0.3, 0.4) is 0 Å². The molecule has 0 amide bonds. The molecule has 4 fully saturated rings. The predicted molar refractivity (Wildman–Crippen MR) is 165 cm³/mol. The maximum Gasteiger partial charge on any atom is 0.303 e. The predicted octanol–water partition coefficient (Wildman–Crippen LogP) is 7.99. The molecular formula is C36H64O5. The highest BCUT2D eigenvalue weighted by atomic mass is 16.4. The van der Waals surface area contributed by atoms with Crippen molar-refractivity contribution in [3.05, 3.63) is 0 Å². The molecule has 5 heteroatoms. The van der Waals surface area contributed by atoms with E-state index in [1.807, 2.05) is 0 Å². The molecule has 4 aliphatic carbocycles. The van der Waals surface area contributed by atoms with Crippen molar-refractivity contribution in [1.82, 2.24) is 0 Å². The van der Waals surface area contributed by atoms with E-state index in [4.69, 9.17) is 0 Å². The summed E-state index contributed by atoms with van der Waals surface area (Å²) in [4.78, 5) is 11.3. The third kappa shape index (κ3) is 6.88. The number of aliphatic carboxylic acids is 1. The van der Waals surface area contributed by atoms with Crippen LogP contribution in [0.25, 0.3) is 0 Å². The van der Waals surface area contributed by atoms with Gasteiger partial charge in [0, 0.05) is 6.42 Å². The second-order valence-corrected chi connectivity index (χ2v) is 15.7. The largest absolute Gasteiger partial charge is 0.481 e. The lowest BCUT2D eigenvalue weighted by atomic mass is 9.40. The number of unbranched alkanes of at least 4 members (excludes halogenated alkanes) is 9. The molecule has 4 N–H and O–H groups in total. The standard InChI is InChI=1S/C36H64O5/c1-5-6-7-8-9-10-11-12-13-14-15-25-20-27(37)21-26-22-31(38)34-29-18-17-28(24(2)16-19-33(40)41)36(29,4)32(39)23-30(34)35(25,26)3/h24-32,34,37-39H,5-23H2,1-4H3,(H,40,41)/t24-,25?,26+,27-,28-,29?,30?,31?,32+,34?,35+,36-/m1/s1. The number of aliphatic hydroxyl groups is 3. The van der Waals surface area contributed by atoms with Gasteiger partial charge in [0.05, 0.1) is 18.3 Å². The van der Waals surface area contributed by atoms with Crippen molar-refractivity contribution < 1.29 is 25.2 Å². The Morgan fingerprint density at radius 2 is 1.44 bits per heavy atom. The second-order valence-electron chi connectivity index (χ2n) is 15.7. The monoisotopic (exact) mass is 576 g/mol. The lowest BCUT2D eigenvalue weighted by molar-refractivity contribution is -0.223. The molecule has 5 nitrogen and oxygen atoms in total. The first-order chi connectivity index (χ1) is 19.5. The maximum absolute atomic E-state index is 11.9. The molecule has 4 aliphatic rings. The SMILES string of the molecule is CCCCCCCCCCCCC1C[C@@H](O)C[C@H]2CC(O)C3C(C[C@H](O)[C@@]4(C)C3CC[C@@H]4[C@H](C)CCC(=O)O)[C@@]12C. The van der Waals surface area contributed by atoms with Crippen molar-refractivity contribution in [3.8, 4) is 0 Å². The van der Waals surface area contributed by atoms with E-state index in [2.05, 4.69) is 27.7 Å². The van der Waals surface area contributed by atoms with Gasteiger partial charge in [-0.2, -0.15) is 0 Å². The maximum atomic E-state index is 11.9. The molecule has 0 aromatic rings. The topological polar surface area (TPSA) is 98.0 Å². The Hall–Kier alpha value is -0.650. The van der Waals surface area contributed by atoms with Gasteiger partial charge in [-0.1, -0.05) is 91.9 Å². The lowest BCUT2D eigenvalue weighted by Crippen LogP contribution is -2.64. The van der Waals surface area contributed by atoms with Crippen LogP contribution in [0.15, 0.2) is 0 Å². The van der Waals surface area contributed by atoms with Crippen LogP contribution in [0.2, 0.25) is 0 Å². The fourth-order valence-corrected chi connectivity index (χ4v) is 11.2. The number of carboxylic acid groups (broad SMARTS) is 1. The van der Waals surface area contributed by atoms with Gasteiger partial charge in [0.1, 0.15) is 0 Å². The molecule has 0 aromatic carbocycles.